The maximum Gasteiger partial charge on any atom is -1.00 e. The van der Waals surface area contributed by atoms with Crippen molar-refractivity contribution in [1.29, 1.82) is 0 Å². The number of aryl methyl sites for hydroxylation is 2. The van der Waals surface area contributed by atoms with E-state index in [9.17, 15) is 0 Å². The molecule has 0 amide bonds. The van der Waals surface area contributed by atoms with Gasteiger partial charge in [-0.15, -0.1) is 0 Å². The molecule has 31 heavy (non-hydrogen) atoms. The summed E-state index contributed by atoms with van der Waals surface area (Å²) < 4.78 is 3.49. The zero-order chi connectivity index (χ0) is 20.1. The summed E-state index contributed by atoms with van der Waals surface area (Å²) in [5, 5.41) is 0. The second kappa shape index (κ2) is 12.9. The van der Waals surface area contributed by atoms with Crippen LogP contribution in [0.5, 0.6) is 0 Å². The Labute approximate surface area is 214 Å². The molecule has 0 unspecified atom stereocenters. The van der Waals surface area contributed by atoms with Crippen molar-refractivity contribution in [2.75, 3.05) is 0 Å². The molecule has 0 N–H and O–H groups in total. The van der Waals surface area contributed by atoms with Gasteiger partial charge in [0.25, 0.3) is 0 Å². The first-order chi connectivity index (χ1) is 14.2. The Bertz CT molecular complexity index is 932. The topological polar surface area (TPSA) is 0 Å². The standard InChI is InChI=1S/2C12H11.C3H8Si.2ClH.Hf/c2*1-10-5-4-8-12(9-10)11-6-2-3-7-11;1-2-4-3-1;;;/h2*2,4-6,8-9H,3H2,1H3;1-4H2;2*1H;/q;;;;;+2/p-2. The van der Waals surface area contributed by atoms with Gasteiger partial charge in [0.15, 0.2) is 0 Å². The summed E-state index contributed by atoms with van der Waals surface area (Å²) in [5.74, 6) is 0. The molecule has 0 aromatic heterocycles. The van der Waals surface area contributed by atoms with Crippen LogP contribution in [0.4, 0.5) is 0 Å². The van der Waals surface area contributed by atoms with E-state index in [4.69, 9.17) is 0 Å². The van der Waals surface area contributed by atoms with Crippen LogP contribution in [-0.2, 0) is 22.9 Å². The normalized spacial score (nSPS) is 16.1. The van der Waals surface area contributed by atoms with Gasteiger partial charge in [-0.1, -0.05) is 18.5 Å². The van der Waals surface area contributed by atoms with Crippen molar-refractivity contribution >= 4 is 20.7 Å². The van der Waals surface area contributed by atoms with Gasteiger partial charge in [-0.05, 0) is 0 Å². The Morgan fingerprint density at radius 1 is 0.710 bits per heavy atom. The minimum absolute atomic E-state index is 0. The number of rotatable bonds is 4. The fraction of sp³-hybridized carbons (Fsp3) is 0.259. The van der Waals surface area contributed by atoms with Gasteiger partial charge in [-0.25, -0.2) is 0 Å². The zero-order valence-corrected chi connectivity index (χ0v) is 24.9. The summed E-state index contributed by atoms with van der Waals surface area (Å²) in [5.41, 5.74) is 8.52. The van der Waals surface area contributed by atoms with Crippen LogP contribution in [0.15, 0.2) is 79.5 Å². The van der Waals surface area contributed by atoms with Crippen molar-refractivity contribution in [3.63, 3.8) is 0 Å². The van der Waals surface area contributed by atoms with E-state index < -0.39 is 22.9 Å². The van der Waals surface area contributed by atoms with Crippen LogP contribution in [0, 0.1) is 13.8 Å². The Morgan fingerprint density at radius 3 is 1.48 bits per heavy atom. The molecule has 0 nitrogen and oxygen atoms in total. The molecular weight excluding hydrogens is 602 g/mol. The summed E-state index contributed by atoms with van der Waals surface area (Å²) in [6, 6.07) is 21.2. The summed E-state index contributed by atoms with van der Waals surface area (Å²) in [7, 11) is 0.605. The molecule has 1 saturated heterocycles. The van der Waals surface area contributed by atoms with Crippen molar-refractivity contribution in [2.45, 2.75) is 45.2 Å². The predicted molar refractivity (Wildman–Crippen MR) is 126 cm³/mol. The molecule has 0 saturated carbocycles. The maximum absolute atomic E-state index is 2.36. The average molecular weight is 632 g/mol. The maximum atomic E-state index is 2.36. The molecule has 5 rings (SSSR count). The van der Waals surface area contributed by atoms with E-state index in [1.165, 1.54) is 33.4 Å². The first-order valence-corrected chi connectivity index (χ1v) is 16.5. The minimum Gasteiger partial charge on any atom is -1.00 e. The SMILES string of the molecule is C1C[SiH2]C1.Cc1cccc(C2=[C]([Hf+2][C]3=C(c4cccc(C)c4)C=CC3)CC=C2)c1.[Cl-].[Cl-]. The molecule has 2 aliphatic carbocycles. The minimum atomic E-state index is -1.00. The number of hydrogen-bond acceptors (Lipinski definition) is 0. The number of benzene rings is 2. The second-order valence-corrected chi connectivity index (χ2v) is 15.6. The van der Waals surface area contributed by atoms with Gasteiger partial charge in [-0.2, -0.15) is 0 Å². The summed E-state index contributed by atoms with van der Waals surface area (Å²) >= 11 is -1.00. The van der Waals surface area contributed by atoms with Crippen molar-refractivity contribution in [3.05, 3.63) is 102 Å². The van der Waals surface area contributed by atoms with Gasteiger partial charge in [0.1, 0.15) is 0 Å². The van der Waals surface area contributed by atoms with E-state index in [0.29, 0.717) is 9.52 Å². The number of hydrogen-bond donors (Lipinski definition) is 0. The largest absolute Gasteiger partial charge is 1.00 e. The second-order valence-electron chi connectivity index (χ2n) is 8.28. The molecule has 1 fully saturated rings. The van der Waals surface area contributed by atoms with Gasteiger partial charge < -0.3 is 24.8 Å². The molecular formula is C27H30Cl2HfSi. The molecule has 2 aromatic rings. The van der Waals surface area contributed by atoms with Gasteiger partial charge in [0.2, 0.25) is 0 Å². The van der Waals surface area contributed by atoms with Crippen LogP contribution in [0.3, 0.4) is 0 Å². The van der Waals surface area contributed by atoms with Crippen LogP contribution in [0.1, 0.15) is 41.5 Å². The monoisotopic (exact) mass is 632 g/mol. The molecule has 1 aliphatic heterocycles. The number of allylic oxidation sites excluding steroid dienone is 8. The summed E-state index contributed by atoms with van der Waals surface area (Å²) in [4.78, 5) is 0. The smallest absolute Gasteiger partial charge is 1.00 e. The third kappa shape index (κ3) is 7.02. The van der Waals surface area contributed by atoms with Crippen LogP contribution in [-0.4, -0.2) is 9.52 Å². The van der Waals surface area contributed by atoms with E-state index in [-0.39, 0.29) is 24.8 Å². The van der Waals surface area contributed by atoms with Gasteiger partial charge in [0.05, 0.1) is 0 Å². The average Bonchev–Trinajstić information content (AvgIpc) is 3.30. The van der Waals surface area contributed by atoms with Gasteiger partial charge in [0, 0.05) is 9.52 Å². The first kappa shape index (κ1) is 26.3. The van der Waals surface area contributed by atoms with Crippen LogP contribution >= 0.6 is 0 Å². The summed E-state index contributed by atoms with van der Waals surface area (Å²) in [6.07, 6.45) is 13.3. The first-order valence-electron chi connectivity index (χ1n) is 10.9. The quantitative estimate of drug-likeness (QED) is 0.439. The summed E-state index contributed by atoms with van der Waals surface area (Å²) in [6.45, 7) is 4.37. The van der Waals surface area contributed by atoms with E-state index in [1.54, 1.807) is 25.2 Å². The van der Waals surface area contributed by atoms with Crippen molar-refractivity contribution < 1.29 is 47.7 Å². The fourth-order valence-electron chi connectivity index (χ4n) is 3.85. The Balaban J connectivity index is 0.000000514. The van der Waals surface area contributed by atoms with Crippen LogP contribution < -0.4 is 24.8 Å². The molecule has 1 heterocycles. The molecule has 0 spiro atoms. The van der Waals surface area contributed by atoms with Crippen LogP contribution in [0.25, 0.3) is 11.1 Å². The molecule has 160 valence electrons. The Hall–Kier alpha value is -0.933. The van der Waals surface area contributed by atoms with Crippen molar-refractivity contribution in [3.8, 4) is 0 Å². The molecule has 2 aromatic carbocycles. The molecule has 0 radical (unpaired) electrons. The van der Waals surface area contributed by atoms with Gasteiger partial charge >= 0.3 is 162 Å². The molecule has 4 heteroatoms. The third-order valence-corrected chi connectivity index (χ3v) is 13.4. The van der Waals surface area contributed by atoms with Crippen LogP contribution in [0.2, 0.25) is 12.1 Å². The van der Waals surface area contributed by atoms with E-state index in [1.807, 2.05) is 0 Å². The zero-order valence-electron chi connectivity index (χ0n) is 18.4. The predicted octanol–water partition coefficient (Wildman–Crippen LogP) is 0.832. The molecule has 0 bridgehead atoms. The van der Waals surface area contributed by atoms with Gasteiger partial charge in [-0.3, -0.25) is 0 Å². The van der Waals surface area contributed by atoms with E-state index >= 15 is 0 Å². The molecule has 3 aliphatic rings. The number of halogens is 2. The van der Waals surface area contributed by atoms with E-state index in [2.05, 4.69) is 86.7 Å². The van der Waals surface area contributed by atoms with Crippen molar-refractivity contribution in [1.82, 2.24) is 0 Å². The third-order valence-electron chi connectivity index (χ3n) is 5.82. The fourth-order valence-corrected chi connectivity index (χ4v) is 9.84. The Kier molecular flexibility index (Phi) is 11.0. The molecule has 0 atom stereocenters. The van der Waals surface area contributed by atoms with Crippen molar-refractivity contribution in [2.24, 2.45) is 0 Å². The van der Waals surface area contributed by atoms with E-state index in [0.717, 1.165) is 12.8 Å². The Morgan fingerprint density at radius 2 is 1.13 bits per heavy atom.